The molecule has 0 aliphatic heterocycles. The van der Waals surface area contributed by atoms with Crippen LogP contribution in [-0.4, -0.2) is 11.8 Å². The molecule has 0 heterocycles. The van der Waals surface area contributed by atoms with Gasteiger partial charge in [-0.2, -0.15) is 5.26 Å². The first-order valence-corrected chi connectivity index (χ1v) is 7.80. The molecule has 2 N–H and O–H groups in total. The fourth-order valence-electron chi connectivity index (χ4n) is 2.42. The molecule has 2 amide bonds. The molecule has 0 atom stereocenters. The molecule has 6 heteroatoms. The number of anilines is 2. The van der Waals surface area contributed by atoms with E-state index in [1.54, 1.807) is 48.5 Å². The molecular weight excluding hydrogens is 326 g/mol. The van der Waals surface area contributed by atoms with E-state index in [1.165, 1.54) is 0 Å². The maximum atomic E-state index is 12.5. The Labute approximate surface area is 144 Å². The van der Waals surface area contributed by atoms with Crippen LogP contribution in [0.5, 0.6) is 0 Å². The molecule has 1 saturated carbocycles. The summed E-state index contributed by atoms with van der Waals surface area (Å²) in [6.45, 7) is 0. The summed E-state index contributed by atoms with van der Waals surface area (Å²) in [5, 5.41) is 14.9. The predicted molar refractivity (Wildman–Crippen MR) is 91.5 cm³/mol. The molecule has 0 saturated heterocycles. The van der Waals surface area contributed by atoms with Crippen molar-refractivity contribution in [2.24, 2.45) is 5.41 Å². The minimum Gasteiger partial charge on any atom is -0.325 e. The smallest absolute Gasteiger partial charge is 0.240 e. The van der Waals surface area contributed by atoms with Crippen molar-refractivity contribution in [2.75, 3.05) is 10.6 Å². The number of benzene rings is 2. The normalized spacial score (nSPS) is 14.3. The summed E-state index contributed by atoms with van der Waals surface area (Å²) in [6.07, 6.45) is 0.979. The number of hydrogen-bond donors (Lipinski definition) is 2. The Bertz CT molecular complexity index is 853. The highest BCUT2D eigenvalue weighted by atomic mass is 35.5. The number of nitrogens with one attached hydrogen (secondary N) is 2. The van der Waals surface area contributed by atoms with Gasteiger partial charge in [0.05, 0.1) is 11.6 Å². The van der Waals surface area contributed by atoms with Gasteiger partial charge in [-0.3, -0.25) is 9.59 Å². The van der Waals surface area contributed by atoms with Crippen LogP contribution in [0.1, 0.15) is 18.4 Å². The van der Waals surface area contributed by atoms with Crippen LogP contribution in [0.25, 0.3) is 0 Å². The van der Waals surface area contributed by atoms with Crippen molar-refractivity contribution in [1.82, 2.24) is 0 Å². The fraction of sp³-hybridized carbons (Fsp3) is 0.167. The quantitative estimate of drug-likeness (QED) is 0.835. The zero-order chi connectivity index (χ0) is 17.2. The summed E-state index contributed by atoms with van der Waals surface area (Å²) < 4.78 is 0. The summed E-state index contributed by atoms with van der Waals surface area (Å²) in [5.74, 6) is -0.712. The van der Waals surface area contributed by atoms with Gasteiger partial charge in [0.25, 0.3) is 0 Å². The number of nitrogens with zero attached hydrogens (tertiary/aromatic N) is 1. The van der Waals surface area contributed by atoms with E-state index in [1.807, 2.05) is 6.07 Å². The van der Waals surface area contributed by atoms with E-state index in [0.29, 0.717) is 34.8 Å². The van der Waals surface area contributed by atoms with Crippen molar-refractivity contribution >= 4 is 34.8 Å². The van der Waals surface area contributed by atoms with Gasteiger partial charge in [-0.05, 0) is 49.2 Å². The van der Waals surface area contributed by atoms with E-state index in [4.69, 9.17) is 16.9 Å². The lowest BCUT2D eigenvalue weighted by atomic mass is 10.0. The zero-order valence-corrected chi connectivity index (χ0v) is 13.4. The lowest BCUT2D eigenvalue weighted by Crippen LogP contribution is -2.35. The van der Waals surface area contributed by atoms with E-state index in [2.05, 4.69) is 10.6 Å². The van der Waals surface area contributed by atoms with Crippen molar-refractivity contribution in [3.05, 3.63) is 59.1 Å². The second-order valence-electron chi connectivity index (χ2n) is 5.69. The van der Waals surface area contributed by atoms with Gasteiger partial charge in [-0.15, -0.1) is 0 Å². The number of amides is 2. The highest BCUT2D eigenvalue weighted by Crippen LogP contribution is 2.47. The summed E-state index contributed by atoms with van der Waals surface area (Å²) in [5.41, 5.74) is 0.435. The summed E-state index contributed by atoms with van der Waals surface area (Å²) in [7, 11) is 0. The van der Waals surface area contributed by atoms with Crippen LogP contribution in [0.15, 0.2) is 48.5 Å². The van der Waals surface area contributed by atoms with Crippen LogP contribution in [0.4, 0.5) is 11.4 Å². The van der Waals surface area contributed by atoms with E-state index in [9.17, 15) is 9.59 Å². The second-order valence-corrected chi connectivity index (χ2v) is 6.13. The lowest BCUT2D eigenvalue weighted by molar-refractivity contribution is -0.131. The Balaban J connectivity index is 1.72. The van der Waals surface area contributed by atoms with Crippen LogP contribution < -0.4 is 10.6 Å². The van der Waals surface area contributed by atoms with Gasteiger partial charge in [-0.25, -0.2) is 0 Å². The lowest BCUT2D eigenvalue weighted by Gasteiger charge is -2.15. The van der Waals surface area contributed by atoms with Crippen molar-refractivity contribution in [3.8, 4) is 6.07 Å². The second kappa shape index (κ2) is 6.34. The zero-order valence-electron chi connectivity index (χ0n) is 12.7. The number of rotatable bonds is 4. The monoisotopic (exact) mass is 339 g/mol. The Kier molecular flexibility index (Phi) is 4.24. The summed E-state index contributed by atoms with van der Waals surface area (Å²) in [6, 6.07) is 15.4. The van der Waals surface area contributed by atoms with Crippen LogP contribution >= 0.6 is 11.6 Å². The first kappa shape index (κ1) is 16.0. The molecule has 120 valence electrons. The van der Waals surface area contributed by atoms with Gasteiger partial charge >= 0.3 is 0 Å². The molecule has 5 nitrogen and oxygen atoms in total. The van der Waals surface area contributed by atoms with E-state index < -0.39 is 5.41 Å². The molecule has 1 aliphatic carbocycles. The average molecular weight is 340 g/mol. The molecule has 24 heavy (non-hydrogen) atoms. The largest absolute Gasteiger partial charge is 0.325 e. The standard InChI is InChI=1S/C18H14ClN3O2/c19-13-4-2-6-15(10-13)22-17(24)18(7-8-18)16(23)21-14-5-1-3-12(9-14)11-20/h1-6,9-10H,7-8H2,(H,21,23)(H,22,24). The van der Waals surface area contributed by atoms with E-state index >= 15 is 0 Å². The van der Waals surface area contributed by atoms with Gasteiger partial charge in [-0.1, -0.05) is 23.7 Å². The number of hydrogen-bond acceptors (Lipinski definition) is 3. The average Bonchev–Trinajstić information content (AvgIpc) is 3.37. The Hall–Kier alpha value is -2.84. The Morgan fingerprint density at radius 2 is 1.58 bits per heavy atom. The van der Waals surface area contributed by atoms with E-state index in [0.717, 1.165) is 0 Å². The van der Waals surface area contributed by atoms with Crippen molar-refractivity contribution in [2.45, 2.75) is 12.8 Å². The molecule has 0 spiro atoms. The first-order chi connectivity index (χ1) is 11.5. The number of halogens is 1. The molecule has 0 bridgehead atoms. The van der Waals surface area contributed by atoms with Crippen LogP contribution in [0.3, 0.4) is 0 Å². The first-order valence-electron chi connectivity index (χ1n) is 7.42. The molecule has 1 fully saturated rings. The van der Waals surface area contributed by atoms with Crippen LogP contribution in [0, 0.1) is 16.7 Å². The maximum Gasteiger partial charge on any atom is 0.240 e. The van der Waals surface area contributed by atoms with Crippen molar-refractivity contribution in [1.29, 1.82) is 5.26 Å². The topological polar surface area (TPSA) is 82.0 Å². The fourth-order valence-corrected chi connectivity index (χ4v) is 2.61. The Morgan fingerprint density at radius 1 is 1.00 bits per heavy atom. The Morgan fingerprint density at radius 3 is 2.12 bits per heavy atom. The van der Waals surface area contributed by atoms with Gasteiger partial charge in [0.2, 0.25) is 11.8 Å². The van der Waals surface area contributed by atoms with Crippen LogP contribution in [-0.2, 0) is 9.59 Å². The number of nitriles is 1. The predicted octanol–water partition coefficient (Wildman–Crippen LogP) is 3.57. The molecule has 1 aliphatic rings. The minimum atomic E-state index is -1.06. The third-order valence-corrected chi connectivity index (χ3v) is 4.19. The van der Waals surface area contributed by atoms with Crippen LogP contribution in [0.2, 0.25) is 5.02 Å². The summed E-state index contributed by atoms with van der Waals surface area (Å²) in [4.78, 5) is 25.0. The van der Waals surface area contributed by atoms with Crippen molar-refractivity contribution < 1.29 is 9.59 Å². The summed E-state index contributed by atoms with van der Waals surface area (Å²) >= 11 is 5.90. The van der Waals surface area contributed by atoms with Gasteiger partial charge in [0.1, 0.15) is 5.41 Å². The molecule has 0 aromatic heterocycles. The SMILES string of the molecule is N#Cc1cccc(NC(=O)C2(C(=O)Nc3cccc(Cl)c3)CC2)c1. The van der Waals surface area contributed by atoms with Gasteiger partial charge in [0.15, 0.2) is 0 Å². The number of carbonyl (C=O) groups is 2. The van der Waals surface area contributed by atoms with Gasteiger partial charge < -0.3 is 10.6 Å². The molecular formula is C18H14ClN3O2. The minimum absolute atomic E-state index is 0.348. The third-order valence-electron chi connectivity index (χ3n) is 3.95. The highest BCUT2D eigenvalue weighted by Gasteiger charge is 2.56. The van der Waals surface area contributed by atoms with E-state index in [-0.39, 0.29) is 11.8 Å². The molecule has 0 unspecified atom stereocenters. The third kappa shape index (κ3) is 3.24. The van der Waals surface area contributed by atoms with Gasteiger partial charge in [0, 0.05) is 16.4 Å². The molecule has 2 aromatic rings. The highest BCUT2D eigenvalue weighted by molar-refractivity contribution is 6.31. The van der Waals surface area contributed by atoms with Crippen molar-refractivity contribution in [3.63, 3.8) is 0 Å². The molecule has 2 aromatic carbocycles. The maximum absolute atomic E-state index is 12.5. The molecule has 0 radical (unpaired) electrons. The molecule has 3 rings (SSSR count). The number of carbonyl (C=O) groups excluding carboxylic acids is 2.